The molecule has 1 N–H and O–H groups in total. The third-order valence-electron chi connectivity index (χ3n) is 3.44. The zero-order valence-corrected chi connectivity index (χ0v) is 12.0. The largest absolute Gasteiger partial charge is 0.355 e. The van der Waals surface area contributed by atoms with Crippen LogP contribution in [0.15, 0.2) is 84.9 Å². The van der Waals surface area contributed by atoms with Crippen LogP contribution in [0.2, 0.25) is 0 Å². The Morgan fingerprint density at radius 3 is 1.90 bits per heavy atom. The number of nitrogens with one attached hydrogen (secondary N) is 1. The number of nitrogens with zero attached hydrogens (tertiary/aromatic N) is 1. The predicted molar refractivity (Wildman–Crippen MR) is 90.7 cm³/mol. The molecule has 3 rings (SSSR count). The number of hydrogen-bond donors (Lipinski definition) is 1. The van der Waals surface area contributed by atoms with E-state index < -0.39 is 0 Å². The van der Waals surface area contributed by atoms with Gasteiger partial charge in [0.1, 0.15) is 0 Å². The molecule has 0 aliphatic rings. The molecule has 0 saturated carbocycles. The van der Waals surface area contributed by atoms with Gasteiger partial charge in [-0.2, -0.15) is 0 Å². The second kappa shape index (κ2) is 6.14. The van der Waals surface area contributed by atoms with Crippen molar-refractivity contribution in [2.75, 3.05) is 17.3 Å². The van der Waals surface area contributed by atoms with Gasteiger partial charge < -0.3 is 10.2 Å². The summed E-state index contributed by atoms with van der Waals surface area (Å²) in [6, 6.07) is 29.0. The van der Waals surface area contributed by atoms with Crippen LogP contribution in [0.25, 0.3) is 0 Å². The first-order valence-electron chi connectivity index (χ1n) is 7.04. The lowest BCUT2D eigenvalue weighted by atomic mass is 10.2. The molecule has 0 bridgehead atoms. The van der Waals surface area contributed by atoms with Crippen LogP contribution in [-0.4, -0.2) is 7.05 Å². The predicted octanol–water partition coefficient (Wildman–Crippen LogP) is 5.20. The molecule has 0 saturated heterocycles. The van der Waals surface area contributed by atoms with Gasteiger partial charge in [-0.05, 0) is 42.5 Å². The third-order valence-corrected chi connectivity index (χ3v) is 3.44. The highest BCUT2D eigenvalue weighted by Gasteiger charge is 2.04. The fourth-order valence-corrected chi connectivity index (χ4v) is 2.28. The molecule has 0 fully saturated rings. The van der Waals surface area contributed by atoms with Crippen molar-refractivity contribution in [2.45, 2.75) is 0 Å². The molecule has 2 heteroatoms. The highest BCUT2D eigenvalue weighted by atomic mass is 15.1. The summed E-state index contributed by atoms with van der Waals surface area (Å²) in [5.74, 6) is 0. The number of benzene rings is 3. The fourth-order valence-electron chi connectivity index (χ4n) is 2.28. The van der Waals surface area contributed by atoms with Crippen LogP contribution in [-0.2, 0) is 0 Å². The molecule has 2 nitrogen and oxygen atoms in total. The Labute approximate surface area is 125 Å². The van der Waals surface area contributed by atoms with Gasteiger partial charge in [-0.1, -0.05) is 42.5 Å². The summed E-state index contributed by atoms with van der Waals surface area (Å²) < 4.78 is 0. The Bertz CT molecular complexity index is 693. The smallest absolute Gasteiger partial charge is 0.0428 e. The minimum atomic E-state index is 1.08. The lowest BCUT2D eigenvalue weighted by Gasteiger charge is -2.20. The van der Waals surface area contributed by atoms with E-state index in [0.717, 1.165) is 17.1 Å². The summed E-state index contributed by atoms with van der Waals surface area (Å²) in [7, 11) is 2.08. The molecule has 0 unspecified atom stereocenters. The monoisotopic (exact) mass is 274 g/mol. The number of anilines is 4. The van der Waals surface area contributed by atoms with E-state index in [4.69, 9.17) is 0 Å². The van der Waals surface area contributed by atoms with E-state index in [1.807, 2.05) is 24.3 Å². The lowest BCUT2D eigenvalue weighted by molar-refractivity contribution is 1.21. The van der Waals surface area contributed by atoms with Crippen molar-refractivity contribution in [1.82, 2.24) is 0 Å². The molecule has 0 aliphatic carbocycles. The first-order valence-corrected chi connectivity index (χ1v) is 7.04. The molecule has 21 heavy (non-hydrogen) atoms. The number of rotatable bonds is 4. The molecule has 0 heterocycles. The van der Waals surface area contributed by atoms with Gasteiger partial charge >= 0.3 is 0 Å². The molecule has 0 spiro atoms. The Hall–Kier alpha value is -2.74. The molecule has 0 atom stereocenters. The molecule has 3 aromatic rings. The van der Waals surface area contributed by atoms with E-state index in [9.17, 15) is 0 Å². The summed E-state index contributed by atoms with van der Waals surface area (Å²) in [6.45, 7) is 0. The second-order valence-electron chi connectivity index (χ2n) is 4.94. The maximum atomic E-state index is 3.42. The average molecular weight is 274 g/mol. The first kappa shape index (κ1) is 13.3. The van der Waals surface area contributed by atoms with Crippen molar-refractivity contribution in [3.05, 3.63) is 84.9 Å². The molecular weight excluding hydrogens is 256 g/mol. The molecule has 0 aromatic heterocycles. The molecule has 0 aliphatic heterocycles. The van der Waals surface area contributed by atoms with Gasteiger partial charge in [-0.25, -0.2) is 0 Å². The van der Waals surface area contributed by atoms with Crippen LogP contribution in [0.4, 0.5) is 22.7 Å². The molecule has 104 valence electrons. The summed E-state index contributed by atoms with van der Waals surface area (Å²) in [4.78, 5) is 2.18. The number of hydrogen-bond acceptors (Lipinski definition) is 2. The third kappa shape index (κ3) is 3.23. The van der Waals surface area contributed by atoms with Gasteiger partial charge in [0, 0.05) is 29.8 Å². The van der Waals surface area contributed by atoms with Crippen molar-refractivity contribution in [1.29, 1.82) is 0 Å². The van der Waals surface area contributed by atoms with Gasteiger partial charge in [0.15, 0.2) is 0 Å². The SMILES string of the molecule is CN(c1ccccc1)c1cccc(Nc2ccccc2)c1. The molecular formula is C19H18N2. The van der Waals surface area contributed by atoms with Gasteiger partial charge in [-0.3, -0.25) is 0 Å². The van der Waals surface area contributed by atoms with Crippen LogP contribution >= 0.6 is 0 Å². The van der Waals surface area contributed by atoms with Crippen molar-refractivity contribution in [3.8, 4) is 0 Å². The summed E-state index contributed by atoms with van der Waals surface area (Å²) in [6.07, 6.45) is 0. The van der Waals surface area contributed by atoms with E-state index in [1.165, 1.54) is 5.69 Å². The van der Waals surface area contributed by atoms with Crippen LogP contribution < -0.4 is 10.2 Å². The Kier molecular flexibility index (Phi) is 3.88. The first-order chi connectivity index (χ1) is 10.3. The summed E-state index contributed by atoms with van der Waals surface area (Å²) in [5, 5.41) is 3.42. The Balaban J connectivity index is 1.83. The summed E-state index contributed by atoms with van der Waals surface area (Å²) in [5.41, 5.74) is 4.51. The Morgan fingerprint density at radius 1 is 0.619 bits per heavy atom. The zero-order chi connectivity index (χ0) is 14.5. The van der Waals surface area contributed by atoms with E-state index >= 15 is 0 Å². The highest BCUT2D eigenvalue weighted by Crippen LogP contribution is 2.26. The van der Waals surface area contributed by atoms with E-state index in [-0.39, 0.29) is 0 Å². The lowest BCUT2D eigenvalue weighted by Crippen LogP contribution is -2.09. The minimum Gasteiger partial charge on any atom is -0.355 e. The van der Waals surface area contributed by atoms with Gasteiger partial charge in [-0.15, -0.1) is 0 Å². The van der Waals surface area contributed by atoms with Gasteiger partial charge in [0.25, 0.3) is 0 Å². The zero-order valence-electron chi connectivity index (χ0n) is 12.0. The topological polar surface area (TPSA) is 15.3 Å². The fraction of sp³-hybridized carbons (Fsp3) is 0.0526. The van der Waals surface area contributed by atoms with E-state index in [2.05, 4.69) is 77.9 Å². The van der Waals surface area contributed by atoms with E-state index in [0.29, 0.717) is 0 Å². The standard InChI is InChI=1S/C19H18N2/c1-21(18-12-6-3-7-13-18)19-14-8-11-17(15-19)20-16-9-4-2-5-10-16/h2-15,20H,1H3. The van der Waals surface area contributed by atoms with Crippen molar-refractivity contribution in [3.63, 3.8) is 0 Å². The van der Waals surface area contributed by atoms with Crippen LogP contribution in [0.1, 0.15) is 0 Å². The molecule has 3 aromatic carbocycles. The van der Waals surface area contributed by atoms with Crippen molar-refractivity contribution in [2.24, 2.45) is 0 Å². The number of para-hydroxylation sites is 2. The van der Waals surface area contributed by atoms with Gasteiger partial charge in [0.05, 0.1) is 0 Å². The average Bonchev–Trinajstić information content (AvgIpc) is 2.56. The van der Waals surface area contributed by atoms with Crippen molar-refractivity contribution >= 4 is 22.7 Å². The maximum Gasteiger partial charge on any atom is 0.0428 e. The maximum absolute atomic E-state index is 3.42. The normalized spacial score (nSPS) is 10.1. The highest BCUT2D eigenvalue weighted by molar-refractivity contribution is 5.69. The van der Waals surface area contributed by atoms with Crippen LogP contribution in [0.5, 0.6) is 0 Å². The van der Waals surface area contributed by atoms with E-state index in [1.54, 1.807) is 0 Å². The van der Waals surface area contributed by atoms with Gasteiger partial charge in [0.2, 0.25) is 0 Å². The molecule has 0 radical (unpaired) electrons. The van der Waals surface area contributed by atoms with Crippen LogP contribution in [0, 0.1) is 0 Å². The summed E-state index contributed by atoms with van der Waals surface area (Å²) >= 11 is 0. The molecule has 0 amide bonds. The Morgan fingerprint density at radius 2 is 1.19 bits per heavy atom. The quantitative estimate of drug-likeness (QED) is 0.703. The van der Waals surface area contributed by atoms with Crippen LogP contribution in [0.3, 0.4) is 0 Å². The second-order valence-corrected chi connectivity index (χ2v) is 4.94. The minimum absolute atomic E-state index is 1.08. The van der Waals surface area contributed by atoms with Crippen molar-refractivity contribution < 1.29 is 0 Å².